The molecule has 0 saturated heterocycles. The summed E-state index contributed by atoms with van der Waals surface area (Å²) in [5.74, 6) is 1.66. The summed E-state index contributed by atoms with van der Waals surface area (Å²) in [7, 11) is 4.72. The molecule has 0 bridgehead atoms. The van der Waals surface area contributed by atoms with Crippen LogP contribution in [0.4, 0.5) is 17.1 Å². The van der Waals surface area contributed by atoms with Crippen LogP contribution in [0.15, 0.2) is 36.4 Å². The molecule has 0 heterocycles. The van der Waals surface area contributed by atoms with Crippen molar-refractivity contribution in [2.45, 2.75) is 20.8 Å². The lowest BCUT2D eigenvalue weighted by atomic mass is 9.95. The van der Waals surface area contributed by atoms with E-state index in [0.717, 1.165) is 17.1 Å². The van der Waals surface area contributed by atoms with Crippen LogP contribution in [0.2, 0.25) is 0 Å². The van der Waals surface area contributed by atoms with Gasteiger partial charge in [0, 0.05) is 34.6 Å². The van der Waals surface area contributed by atoms with E-state index in [1.54, 1.807) is 21.3 Å². The fourth-order valence-electron chi connectivity index (χ4n) is 2.28. The van der Waals surface area contributed by atoms with Gasteiger partial charge in [-0.15, -0.1) is 0 Å². The zero-order valence-electron chi connectivity index (χ0n) is 16.1. The van der Waals surface area contributed by atoms with E-state index in [1.807, 2.05) is 57.2 Å². The second kappa shape index (κ2) is 7.99. The first-order valence-electron chi connectivity index (χ1n) is 8.27. The molecule has 6 heteroatoms. The highest BCUT2D eigenvalue weighted by Crippen LogP contribution is 2.40. The molecule has 1 amide bonds. The standard InChI is InChI=1S/C20H26N2O4/c1-20(2,3)19(23)22-14-9-7-13(8-10-14)21-15-11-16(24-4)18(26-6)17(12-15)25-5/h7-12,21H,1-6H3,(H,22,23). The molecular formula is C20H26N2O4. The number of methoxy groups -OCH3 is 3. The third kappa shape index (κ3) is 4.59. The van der Waals surface area contributed by atoms with Crippen LogP contribution >= 0.6 is 0 Å². The second-order valence-corrected chi connectivity index (χ2v) is 6.82. The highest BCUT2D eigenvalue weighted by atomic mass is 16.5. The Morgan fingerprint density at radius 3 is 1.73 bits per heavy atom. The highest BCUT2D eigenvalue weighted by molar-refractivity contribution is 5.94. The summed E-state index contributed by atoms with van der Waals surface area (Å²) in [6.45, 7) is 5.63. The van der Waals surface area contributed by atoms with Gasteiger partial charge >= 0.3 is 0 Å². The molecule has 0 aliphatic heterocycles. The SMILES string of the molecule is COc1cc(Nc2ccc(NC(=O)C(C)(C)C)cc2)cc(OC)c1OC. The van der Waals surface area contributed by atoms with E-state index in [2.05, 4.69) is 10.6 Å². The van der Waals surface area contributed by atoms with Crippen molar-refractivity contribution in [2.75, 3.05) is 32.0 Å². The molecule has 0 radical (unpaired) electrons. The second-order valence-electron chi connectivity index (χ2n) is 6.82. The number of carbonyl (C=O) groups is 1. The topological polar surface area (TPSA) is 68.8 Å². The first kappa shape index (κ1) is 19.4. The number of hydrogen-bond donors (Lipinski definition) is 2. The largest absolute Gasteiger partial charge is 0.493 e. The molecule has 0 spiro atoms. The molecule has 6 nitrogen and oxygen atoms in total. The molecule has 0 fully saturated rings. The van der Waals surface area contributed by atoms with Gasteiger partial charge in [-0.25, -0.2) is 0 Å². The molecule has 0 saturated carbocycles. The van der Waals surface area contributed by atoms with Gasteiger partial charge in [0.1, 0.15) is 0 Å². The third-order valence-corrected chi connectivity index (χ3v) is 3.78. The minimum Gasteiger partial charge on any atom is -0.493 e. The molecule has 140 valence electrons. The lowest BCUT2D eigenvalue weighted by molar-refractivity contribution is -0.123. The van der Waals surface area contributed by atoms with Crippen molar-refractivity contribution < 1.29 is 19.0 Å². The molecule has 0 unspecified atom stereocenters. The Morgan fingerprint density at radius 2 is 1.31 bits per heavy atom. The van der Waals surface area contributed by atoms with Crippen LogP contribution in [0.5, 0.6) is 17.2 Å². The molecule has 2 N–H and O–H groups in total. The molecular weight excluding hydrogens is 332 g/mol. The summed E-state index contributed by atoms with van der Waals surface area (Å²) >= 11 is 0. The maximum absolute atomic E-state index is 12.0. The Bertz CT molecular complexity index is 739. The van der Waals surface area contributed by atoms with Crippen LogP contribution in [0, 0.1) is 5.41 Å². The number of ether oxygens (including phenoxy) is 3. The first-order chi connectivity index (χ1) is 12.3. The predicted molar refractivity (Wildman–Crippen MR) is 104 cm³/mol. The van der Waals surface area contributed by atoms with Crippen molar-refractivity contribution in [3.8, 4) is 17.2 Å². The summed E-state index contributed by atoms with van der Waals surface area (Å²) < 4.78 is 16.0. The highest BCUT2D eigenvalue weighted by Gasteiger charge is 2.21. The number of rotatable bonds is 6. The maximum atomic E-state index is 12.0. The van der Waals surface area contributed by atoms with Crippen molar-refractivity contribution in [1.82, 2.24) is 0 Å². The summed E-state index contributed by atoms with van der Waals surface area (Å²) in [6, 6.07) is 11.1. The van der Waals surface area contributed by atoms with Crippen LogP contribution < -0.4 is 24.8 Å². The number of amides is 1. The van der Waals surface area contributed by atoms with Crippen molar-refractivity contribution in [3.05, 3.63) is 36.4 Å². The fraction of sp³-hybridized carbons (Fsp3) is 0.350. The zero-order valence-corrected chi connectivity index (χ0v) is 16.1. The van der Waals surface area contributed by atoms with Gasteiger partial charge in [-0.1, -0.05) is 20.8 Å². The minimum absolute atomic E-state index is 0.0252. The zero-order chi connectivity index (χ0) is 19.3. The van der Waals surface area contributed by atoms with Crippen LogP contribution in [-0.2, 0) is 4.79 Å². The molecule has 2 aromatic rings. The van der Waals surface area contributed by atoms with E-state index in [9.17, 15) is 4.79 Å². The first-order valence-corrected chi connectivity index (χ1v) is 8.27. The van der Waals surface area contributed by atoms with Crippen LogP contribution in [0.3, 0.4) is 0 Å². The van der Waals surface area contributed by atoms with Gasteiger partial charge in [0.25, 0.3) is 0 Å². The van der Waals surface area contributed by atoms with E-state index in [-0.39, 0.29) is 5.91 Å². The molecule has 0 atom stereocenters. The Labute approximate surface area is 154 Å². The number of carbonyl (C=O) groups excluding carboxylic acids is 1. The van der Waals surface area contributed by atoms with Gasteiger partial charge in [-0.3, -0.25) is 4.79 Å². The molecule has 2 rings (SSSR count). The fourth-order valence-corrected chi connectivity index (χ4v) is 2.28. The van der Waals surface area contributed by atoms with Crippen LogP contribution in [0.25, 0.3) is 0 Å². The number of nitrogens with one attached hydrogen (secondary N) is 2. The Hall–Kier alpha value is -2.89. The van der Waals surface area contributed by atoms with E-state index in [1.165, 1.54) is 0 Å². The lowest BCUT2D eigenvalue weighted by Crippen LogP contribution is -2.27. The summed E-state index contributed by atoms with van der Waals surface area (Å²) in [5, 5.41) is 6.19. The lowest BCUT2D eigenvalue weighted by Gasteiger charge is -2.18. The van der Waals surface area contributed by atoms with Crippen molar-refractivity contribution >= 4 is 23.0 Å². The van der Waals surface area contributed by atoms with Crippen LogP contribution in [0.1, 0.15) is 20.8 Å². The Balaban J connectivity index is 2.17. The molecule has 2 aromatic carbocycles. The van der Waals surface area contributed by atoms with Gasteiger partial charge in [-0.2, -0.15) is 0 Å². The van der Waals surface area contributed by atoms with Gasteiger partial charge in [-0.05, 0) is 24.3 Å². The summed E-state index contributed by atoms with van der Waals surface area (Å²) in [4.78, 5) is 12.0. The van der Waals surface area contributed by atoms with Crippen LogP contribution in [-0.4, -0.2) is 27.2 Å². The molecule has 0 aromatic heterocycles. The van der Waals surface area contributed by atoms with Gasteiger partial charge < -0.3 is 24.8 Å². The smallest absolute Gasteiger partial charge is 0.229 e. The number of anilines is 3. The van der Waals surface area contributed by atoms with E-state index in [0.29, 0.717) is 17.2 Å². The maximum Gasteiger partial charge on any atom is 0.229 e. The number of hydrogen-bond acceptors (Lipinski definition) is 5. The quantitative estimate of drug-likeness (QED) is 0.799. The minimum atomic E-state index is -0.437. The monoisotopic (exact) mass is 358 g/mol. The van der Waals surface area contributed by atoms with E-state index in [4.69, 9.17) is 14.2 Å². The van der Waals surface area contributed by atoms with Crippen molar-refractivity contribution in [2.24, 2.45) is 5.41 Å². The summed E-state index contributed by atoms with van der Waals surface area (Å²) in [5.41, 5.74) is 1.98. The third-order valence-electron chi connectivity index (χ3n) is 3.78. The van der Waals surface area contributed by atoms with Gasteiger partial charge in [0.05, 0.1) is 21.3 Å². The Morgan fingerprint density at radius 1 is 0.808 bits per heavy atom. The summed E-state index contributed by atoms with van der Waals surface area (Å²) in [6.07, 6.45) is 0. The molecule has 0 aliphatic carbocycles. The van der Waals surface area contributed by atoms with Crippen molar-refractivity contribution in [3.63, 3.8) is 0 Å². The molecule has 26 heavy (non-hydrogen) atoms. The normalized spacial score (nSPS) is 10.8. The van der Waals surface area contributed by atoms with Crippen molar-refractivity contribution in [1.29, 1.82) is 0 Å². The van der Waals surface area contributed by atoms with E-state index < -0.39 is 5.41 Å². The predicted octanol–water partition coefficient (Wildman–Crippen LogP) is 4.44. The average Bonchev–Trinajstić information content (AvgIpc) is 2.61. The van der Waals surface area contributed by atoms with E-state index >= 15 is 0 Å². The average molecular weight is 358 g/mol. The number of benzene rings is 2. The van der Waals surface area contributed by atoms with Gasteiger partial charge in [0.15, 0.2) is 11.5 Å². The Kier molecular flexibility index (Phi) is 5.97. The van der Waals surface area contributed by atoms with Gasteiger partial charge in [0.2, 0.25) is 11.7 Å². The molecule has 0 aliphatic rings.